The quantitative estimate of drug-likeness (QED) is 0.0645. The second kappa shape index (κ2) is 23.2. The molecule has 0 aromatic carbocycles. The minimum atomic E-state index is -2.65. The van der Waals surface area contributed by atoms with Crippen LogP contribution in [0.4, 0.5) is 0 Å². The largest absolute Gasteiger partial charge is 0.436 e. The van der Waals surface area contributed by atoms with Gasteiger partial charge >= 0.3 is 51.4 Å². The predicted octanol–water partition coefficient (Wildman–Crippen LogP) is 8.43. The summed E-state index contributed by atoms with van der Waals surface area (Å²) in [5.41, 5.74) is 0. The third-order valence-electron chi connectivity index (χ3n) is 6.11. The second-order valence-corrected chi connectivity index (χ2v) is 46.1. The summed E-state index contributed by atoms with van der Waals surface area (Å²) in [4.78, 5) is 0. The molecule has 0 saturated carbocycles. The predicted molar refractivity (Wildman–Crippen MR) is 222 cm³/mol. The van der Waals surface area contributed by atoms with Crippen LogP contribution in [-0.2, 0) is 38.3 Å². The van der Waals surface area contributed by atoms with E-state index in [0.717, 1.165) is 24.9 Å². The zero-order valence-electron chi connectivity index (χ0n) is 31.6. The molecular weight excluding hydrogens is 749 g/mol. The molecule has 0 aliphatic carbocycles. The van der Waals surface area contributed by atoms with E-state index in [1.807, 2.05) is 0 Å². The fourth-order valence-electron chi connectivity index (χ4n) is 6.05. The SMILES string of the molecule is C.C.C.C[Si](C)(CCCOCCO)O[Si](C)(C)O[Si](C)(C)O[Si](C)(C)O[Si](C)(C)O[Si](C)(C)O[Si](C)(C)O[Si](C)(C)CCCOCCO. The highest BCUT2D eigenvalue weighted by Gasteiger charge is 2.49. The molecule has 0 aliphatic rings. The monoisotopic (exact) mass is 830 g/mol. The van der Waals surface area contributed by atoms with Crippen molar-refractivity contribution in [3.05, 3.63) is 0 Å². The van der Waals surface area contributed by atoms with E-state index in [-0.39, 0.29) is 35.5 Å². The van der Waals surface area contributed by atoms with Gasteiger partial charge in [-0.25, -0.2) is 0 Å². The summed E-state index contributed by atoms with van der Waals surface area (Å²) in [5.74, 6) is 0. The lowest BCUT2D eigenvalue weighted by Crippen LogP contribution is -2.61. The van der Waals surface area contributed by atoms with Gasteiger partial charge in [-0.15, -0.1) is 0 Å². The lowest BCUT2D eigenvalue weighted by Gasteiger charge is -2.44. The van der Waals surface area contributed by atoms with Gasteiger partial charge in [-0.05, 0) is 130 Å². The summed E-state index contributed by atoms with van der Waals surface area (Å²) in [5, 5.41) is 17.8. The van der Waals surface area contributed by atoms with Crippen molar-refractivity contribution in [3.63, 3.8) is 0 Å². The van der Waals surface area contributed by atoms with E-state index in [9.17, 15) is 0 Å². The molecule has 0 bridgehead atoms. The van der Waals surface area contributed by atoms with E-state index in [0.29, 0.717) is 26.4 Å². The summed E-state index contributed by atoms with van der Waals surface area (Å²) >= 11 is 0. The van der Waals surface area contributed by atoms with E-state index in [2.05, 4.69) is 105 Å². The summed E-state index contributed by atoms with van der Waals surface area (Å²) < 4.78 is 57.9. The standard InChI is InChI=1S/C26H70O11Si8.3CH4/c1-38(2,25-17-21-29-23-19-27)31-40(5,6)33-42(9,10)35-44(13,14)37-45(15,16)36-43(11,12)34-41(7,8)32-39(3,4)26-18-22-30-24-20-28;;;/h27-28H,17-26H2,1-16H3;3*1H4. The molecule has 0 rings (SSSR count). The summed E-state index contributed by atoms with van der Waals surface area (Å²) in [6.07, 6.45) is 1.82. The van der Waals surface area contributed by atoms with Crippen LogP contribution in [0, 0.1) is 0 Å². The van der Waals surface area contributed by atoms with Crippen molar-refractivity contribution >= 4 is 68.0 Å². The minimum absolute atomic E-state index is 0. The smallest absolute Gasteiger partial charge is 0.314 e. The van der Waals surface area contributed by atoms with Crippen molar-refractivity contribution in [2.75, 3.05) is 39.6 Å². The molecule has 19 heteroatoms. The molecule has 0 aromatic heterocycles. The lowest BCUT2D eigenvalue weighted by atomic mass is 10.5. The number of aliphatic hydroxyl groups excluding tert-OH is 2. The Hall–Kier alpha value is 1.30. The first-order valence-electron chi connectivity index (χ1n) is 16.4. The maximum absolute atomic E-state index is 8.91. The normalized spacial score (nSPS) is 13.9. The number of ether oxygens (including phenoxy) is 2. The Balaban J connectivity index is -0.00000323. The highest BCUT2D eigenvalue weighted by molar-refractivity contribution is 6.92. The van der Waals surface area contributed by atoms with Gasteiger partial charge in [-0.1, -0.05) is 22.3 Å². The third kappa shape index (κ3) is 28.8. The van der Waals surface area contributed by atoms with E-state index in [1.54, 1.807) is 0 Å². The van der Waals surface area contributed by atoms with Crippen molar-refractivity contribution in [3.8, 4) is 0 Å². The molecular formula is C29H82O11Si8. The van der Waals surface area contributed by atoms with E-state index < -0.39 is 68.0 Å². The van der Waals surface area contributed by atoms with Crippen LogP contribution in [0.15, 0.2) is 0 Å². The van der Waals surface area contributed by atoms with E-state index >= 15 is 0 Å². The molecule has 0 unspecified atom stereocenters. The Labute approximate surface area is 306 Å². The first kappa shape index (κ1) is 56.0. The van der Waals surface area contributed by atoms with Crippen LogP contribution in [0.1, 0.15) is 35.1 Å². The molecule has 11 nitrogen and oxygen atoms in total. The molecule has 48 heavy (non-hydrogen) atoms. The average Bonchev–Trinajstić information content (AvgIpc) is 2.72. The molecule has 0 aliphatic heterocycles. The molecule has 0 atom stereocenters. The topological polar surface area (TPSA) is 124 Å². The number of rotatable bonds is 26. The molecule has 0 amide bonds. The lowest BCUT2D eigenvalue weighted by molar-refractivity contribution is 0.0923. The van der Waals surface area contributed by atoms with Crippen LogP contribution in [-0.4, -0.2) is 118 Å². The van der Waals surface area contributed by atoms with Crippen LogP contribution >= 0.6 is 0 Å². The van der Waals surface area contributed by atoms with E-state index in [4.69, 9.17) is 48.5 Å². The van der Waals surface area contributed by atoms with Gasteiger partial charge in [0.2, 0.25) is 0 Å². The second-order valence-electron chi connectivity index (χ2n) is 15.5. The van der Waals surface area contributed by atoms with Crippen molar-refractivity contribution in [2.24, 2.45) is 0 Å². The zero-order chi connectivity index (χ0) is 35.4. The van der Waals surface area contributed by atoms with Gasteiger partial charge in [-0.2, -0.15) is 0 Å². The van der Waals surface area contributed by atoms with Crippen LogP contribution in [0.5, 0.6) is 0 Å². The fraction of sp³-hybridized carbons (Fsp3) is 1.00. The Morgan fingerprint density at radius 2 is 0.542 bits per heavy atom. The highest BCUT2D eigenvalue weighted by atomic mass is 28.5. The van der Waals surface area contributed by atoms with Crippen molar-refractivity contribution in [1.29, 1.82) is 0 Å². The van der Waals surface area contributed by atoms with Crippen molar-refractivity contribution in [2.45, 2.75) is 152 Å². The fourth-order valence-corrected chi connectivity index (χ4v) is 46.4. The average molecular weight is 832 g/mol. The van der Waals surface area contributed by atoms with Crippen molar-refractivity contribution in [1.82, 2.24) is 0 Å². The molecule has 2 N–H and O–H groups in total. The van der Waals surface area contributed by atoms with Gasteiger partial charge in [0.1, 0.15) is 0 Å². The number of hydrogen-bond acceptors (Lipinski definition) is 11. The Morgan fingerprint density at radius 1 is 0.333 bits per heavy atom. The summed E-state index contributed by atoms with van der Waals surface area (Å²) in [6.45, 7) is 36.0. The highest BCUT2D eigenvalue weighted by Crippen LogP contribution is 2.30. The Kier molecular flexibility index (Phi) is 27.0. The first-order chi connectivity index (χ1) is 20.1. The zero-order valence-corrected chi connectivity index (χ0v) is 39.6. The first-order valence-corrected chi connectivity index (χ1v) is 39.5. The van der Waals surface area contributed by atoms with Gasteiger partial charge < -0.3 is 48.5 Å². The Bertz CT molecular complexity index is 780. The van der Waals surface area contributed by atoms with Crippen molar-refractivity contribution < 1.29 is 48.5 Å². The molecule has 0 saturated heterocycles. The number of hydrogen-bond donors (Lipinski definition) is 2. The van der Waals surface area contributed by atoms with Gasteiger partial charge in [-0.3, -0.25) is 0 Å². The maximum Gasteiger partial charge on any atom is 0.314 e. The molecule has 296 valence electrons. The Morgan fingerprint density at radius 3 is 0.750 bits per heavy atom. The van der Waals surface area contributed by atoms with E-state index in [1.165, 1.54) is 0 Å². The van der Waals surface area contributed by atoms with Gasteiger partial charge in [0.15, 0.2) is 16.6 Å². The van der Waals surface area contributed by atoms with Crippen LogP contribution < -0.4 is 0 Å². The number of aliphatic hydroxyl groups is 2. The molecule has 0 heterocycles. The molecule has 0 radical (unpaired) electrons. The molecule has 0 aromatic rings. The minimum Gasteiger partial charge on any atom is -0.436 e. The van der Waals surface area contributed by atoms with Gasteiger partial charge in [0, 0.05) is 13.2 Å². The maximum atomic E-state index is 8.91. The molecule has 0 spiro atoms. The molecule has 0 fully saturated rings. The summed E-state index contributed by atoms with van der Waals surface area (Å²) in [7, 11) is -19.4. The summed E-state index contributed by atoms with van der Waals surface area (Å²) in [6, 6.07) is 1.93. The van der Waals surface area contributed by atoms with Crippen LogP contribution in [0.25, 0.3) is 0 Å². The van der Waals surface area contributed by atoms with Crippen LogP contribution in [0.3, 0.4) is 0 Å². The van der Waals surface area contributed by atoms with Gasteiger partial charge in [0.25, 0.3) is 0 Å². The van der Waals surface area contributed by atoms with Gasteiger partial charge in [0.05, 0.1) is 26.4 Å². The van der Waals surface area contributed by atoms with Crippen LogP contribution in [0.2, 0.25) is 117 Å². The third-order valence-corrected chi connectivity index (χ3v) is 37.2.